The largest absolute Gasteiger partial charge is 0.491 e. The molecule has 3 aliphatic rings. The number of carbonyl (C=O) groups excluding carboxylic acids is 3. The molecular weight excluding hydrogens is 448 g/mol. The van der Waals surface area contributed by atoms with Gasteiger partial charge in [-0.3, -0.25) is 19.2 Å². The van der Waals surface area contributed by atoms with E-state index in [2.05, 4.69) is 10.3 Å². The lowest BCUT2D eigenvalue weighted by Crippen LogP contribution is -2.49. The van der Waals surface area contributed by atoms with E-state index in [9.17, 15) is 19.2 Å². The number of pyridine rings is 1. The Morgan fingerprint density at radius 2 is 1.74 bits per heavy atom. The topological polar surface area (TPSA) is 112 Å². The van der Waals surface area contributed by atoms with Crippen LogP contribution >= 0.6 is 0 Å². The molecule has 1 aromatic heterocycles. The van der Waals surface area contributed by atoms with E-state index in [1.807, 2.05) is 6.07 Å². The first-order chi connectivity index (χ1) is 16.9. The van der Waals surface area contributed by atoms with Crippen molar-refractivity contribution in [3.8, 4) is 5.75 Å². The Kier molecular flexibility index (Phi) is 7.53. The molecule has 3 amide bonds. The Hall–Kier alpha value is -3.62. The number of ether oxygens (including phenoxy) is 1. The lowest BCUT2D eigenvalue weighted by Gasteiger charge is -2.40. The fourth-order valence-corrected chi connectivity index (χ4v) is 5.01. The van der Waals surface area contributed by atoms with Gasteiger partial charge in [0.1, 0.15) is 12.4 Å². The van der Waals surface area contributed by atoms with Gasteiger partial charge in [0.2, 0.25) is 11.5 Å². The van der Waals surface area contributed by atoms with Crippen LogP contribution in [0.15, 0.2) is 47.4 Å². The fourth-order valence-electron chi connectivity index (χ4n) is 5.01. The average Bonchev–Trinajstić information content (AvgIpc) is 2.90. The van der Waals surface area contributed by atoms with Crippen molar-refractivity contribution in [2.75, 3.05) is 39.8 Å². The quantitative estimate of drug-likeness (QED) is 0.683. The van der Waals surface area contributed by atoms with Crippen LogP contribution in [-0.2, 0) is 4.79 Å². The first kappa shape index (κ1) is 24.5. The van der Waals surface area contributed by atoms with E-state index >= 15 is 0 Å². The van der Waals surface area contributed by atoms with Crippen molar-refractivity contribution in [1.29, 1.82) is 0 Å². The predicted molar refractivity (Wildman–Crippen MR) is 130 cm³/mol. The number of benzene rings is 1. The van der Waals surface area contributed by atoms with Crippen LogP contribution in [0.3, 0.4) is 0 Å². The van der Waals surface area contributed by atoms with E-state index in [1.54, 1.807) is 35.0 Å². The number of aromatic amines is 1. The molecule has 9 heteroatoms. The second kappa shape index (κ2) is 10.8. The summed E-state index contributed by atoms with van der Waals surface area (Å²) in [6, 6.07) is 9.98. The number of amides is 3. The van der Waals surface area contributed by atoms with E-state index in [0.717, 1.165) is 12.8 Å². The van der Waals surface area contributed by atoms with Crippen LogP contribution in [0.25, 0.3) is 0 Å². The van der Waals surface area contributed by atoms with Gasteiger partial charge in [0, 0.05) is 38.9 Å². The maximum atomic E-state index is 13.3. The molecule has 3 aliphatic heterocycles. The predicted octanol–water partition coefficient (Wildman–Crippen LogP) is 2.05. The monoisotopic (exact) mass is 480 g/mol. The Balaban J connectivity index is 1.60. The lowest BCUT2D eigenvalue weighted by atomic mass is 9.73. The molecule has 2 bridgehead atoms. The zero-order valence-corrected chi connectivity index (χ0v) is 20.0. The van der Waals surface area contributed by atoms with Crippen molar-refractivity contribution < 1.29 is 19.1 Å². The molecule has 0 spiro atoms. The van der Waals surface area contributed by atoms with Crippen molar-refractivity contribution in [1.82, 2.24) is 20.1 Å². The van der Waals surface area contributed by atoms with Gasteiger partial charge in [0.05, 0.1) is 23.1 Å². The average molecular weight is 481 g/mol. The number of H-pyrrole nitrogens is 1. The maximum absolute atomic E-state index is 13.3. The highest BCUT2D eigenvalue weighted by Crippen LogP contribution is 2.38. The number of aromatic nitrogens is 1. The third-order valence-corrected chi connectivity index (χ3v) is 7.10. The molecule has 4 heterocycles. The molecule has 35 heavy (non-hydrogen) atoms. The van der Waals surface area contributed by atoms with Crippen LogP contribution in [0.4, 0.5) is 0 Å². The summed E-state index contributed by atoms with van der Waals surface area (Å²) in [6.45, 7) is 2.07. The Morgan fingerprint density at radius 1 is 0.971 bits per heavy atom. The van der Waals surface area contributed by atoms with Crippen LogP contribution in [0, 0.1) is 5.41 Å². The highest BCUT2D eigenvalue weighted by Gasteiger charge is 2.41. The summed E-state index contributed by atoms with van der Waals surface area (Å²) in [7, 11) is 1.66. The van der Waals surface area contributed by atoms with Crippen LogP contribution < -0.4 is 15.6 Å². The van der Waals surface area contributed by atoms with Gasteiger partial charge in [-0.15, -0.1) is 0 Å². The number of hydrogen-bond acceptors (Lipinski definition) is 5. The standard InChI is InChI=1S/C26H32N4O5/c1-27-25(34)26-10-4-5-13-29(23(32)19-8-9-22(31)28-18-19)16-17-35-21-7-3-2-6-20(21)24(33)30(14-11-26)15-12-26/h2-3,6-9,18H,4-5,10-17H2,1H3,(H,27,34)(H,28,31). The second-order valence-electron chi connectivity index (χ2n) is 9.19. The van der Waals surface area contributed by atoms with E-state index in [0.29, 0.717) is 62.3 Å². The first-order valence-corrected chi connectivity index (χ1v) is 12.1. The number of nitrogens with one attached hydrogen (secondary N) is 2. The van der Waals surface area contributed by atoms with Crippen molar-refractivity contribution in [2.24, 2.45) is 5.41 Å². The zero-order valence-electron chi connectivity index (χ0n) is 20.0. The van der Waals surface area contributed by atoms with Gasteiger partial charge in [-0.05, 0) is 43.9 Å². The zero-order chi connectivity index (χ0) is 24.8. The van der Waals surface area contributed by atoms with E-state index in [1.165, 1.54) is 18.3 Å². The molecule has 0 atom stereocenters. The molecule has 1 saturated heterocycles. The number of rotatable bonds is 2. The van der Waals surface area contributed by atoms with E-state index < -0.39 is 5.41 Å². The Labute approximate surface area is 204 Å². The molecule has 0 aliphatic carbocycles. The summed E-state index contributed by atoms with van der Waals surface area (Å²) in [5.74, 6) is 0.180. The summed E-state index contributed by atoms with van der Waals surface area (Å²) < 4.78 is 5.99. The minimum absolute atomic E-state index is 0.0128. The van der Waals surface area contributed by atoms with Gasteiger partial charge in [0.15, 0.2) is 0 Å². The van der Waals surface area contributed by atoms with Crippen LogP contribution in [0.1, 0.15) is 52.8 Å². The number of para-hydroxylation sites is 1. The van der Waals surface area contributed by atoms with Gasteiger partial charge in [-0.25, -0.2) is 0 Å². The van der Waals surface area contributed by atoms with Crippen LogP contribution in [0.2, 0.25) is 0 Å². The van der Waals surface area contributed by atoms with Gasteiger partial charge in [-0.1, -0.05) is 18.6 Å². The molecule has 0 radical (unpaired) electrons. The van der Waals surface area contributed by atoms with Crippen molar-refractivity contribution in [3.05, 3.63) is 64.1 Å². The molecule has 2 N–H and O–H groups in total. The first-order valence-electron chi connectivity index (χ1n) is 12.1. The molecule has 0 saturated carbocycles. The molecule has 1 fully saturated rings. The van der Waals surface area contributed by atoms with Gasteiger partial charge in [-0.2, -0.15) is 0 Å². The van der Waals surface area contributed by atoms with Crippen molar-refractivity contribution in [3.63, 3.8) is 0 Å². The van der Waals surface area contributed by atoms with Crippen molar-refractivity contribution >= 4 is 17.7 Å². The summed E-state index contributed by atoms with van der Waals surface area (Å²) in [5, 5.41) is 2.82. The highest BCUT2D eigenvalue weighted by atomic mass is 16.5. The molecular formula is C26H32N4O5. The minimum Gasteiger partial charge on any atom is -0.491 e. The number of fused-ring (bicyclic) bond motifs is 9. The smallest absolute Gasteiger partial charge is 0.257 e. The summed E-state index contributed by atoms with van der Waals surface area (Å²) in [6.07, 6.45) is 4.82. The van der Waals surface area contributed by atoms with Crippen molar-refractivity contribution in [2.45, 2.75) is 32.1 Å². The summed E-state index contributed by atoms with van der Waals surface area (Å²) >= 11 is 0. The second-order valence-corrected chi connectivity index (χ2v) is 9.19. The molecule has 186 valence electrons. The minimum atomic E-state index is -0.518. The van der Waals surface area contributed by atoms with E-state index in [4.69, 9.17) is 4.74 Å². The number of hydrogen-bond donors (Lipinski definition) is 2. The third-order valence-electron chi connectivity index (χ3n) is 7.10. The molecule has 1 aromatic carbocycles. The maximum Gasteiger partial charge on any atom is 0.257 e. The SMILES string of the molecule is CNC(=O)C12CCCCN(C(=O)c3ccc(=O)[nH]c3)CCOc3ccccc3C(=O)N(CC1)CC2. The van der Waals surface area contributed by atoms with Crippen LogP contribution in [-0.4, -0.2) is 72.3 Å². The number of carbonyl (C=O) groups is 3. The molecule has 9 nitrogen and oxygen atoms in total. The molecule has 2 aromatic rings. The summed E-state index contributed by atoms with van der Waals surface area (Å²) in [4.78, 5) is 56.8. The molecule has 0 unspecified atom stereocenters. The lowest BCUT2D eigenvalue weighted by molar-refractivity contribution is -0.133. The normalized spacial score (nSPS) is 18.6. The Bertz CT molecular complexity index is 1120. The molecule has 5 rings (SSSR count). The van der Waals surface area contributed by atoms with Gasteiger partial charge >= 0.3 is 0 Å². The summed E-state index contributed by atoms with van der Waals surface area (Å²) in [5.41, 5.74) is 0.0863. The third kappa shape index (κ3) is 5.39. The highest BCUT2D eigenvalue weighted by molar-refractivity contribution is 5.97. The number of nitrogens with zero attached hydrogens (tertiary/aromatic N) is 2. The van der Waals surface area contributed by atoms with Gasteiger partial charge < -0.3 is 24.8 Å². The van der Waals surface area contributed by atoms with Gasteiger partial charge in [0.25, 0.3) is 11.8 Å². The number of piperidine rings is 1. The fraction of sp³-hybridized carbons (Fsp3) is 0.462. The van der Waals surface area contributed by atoms with Crippen LogP contribution in [0.5, 0.6) is 5.75 Å². The Morgan fingerprint density at radius 3 is 2.46 bits per heavy atom. The van der Waals surface area contributed by atoms with E-state index in [-0.39, 0.29) is 29.9 Å².